The first-order valence-corrected chi connectivity index (χ1v) is 11.5. The molecule has 2 aromatic carbocycles. The van der Waals surface area contributed by atoms with Crippen molar-refractivity contribution < 1.29 is 18.0 Å². The van der Waals surface area contributed by atoms with Crippen LogP contribution in [0.2, 0.25) is 0 Å². The standard InChI is InChI=1S/C21H25FN4O3S/c22-17-6-8-18(9-7-17)25-14-12-24(13-15-25)10-3-11-26-16-20(23-27)19-4-1-2-5-21(19)30(26,28)29/h1-2,4-9,27H,3,10-16H2/b23-20+. The van der Waals surface area contributed by atoms with E-state index < -0.39 is 10.0 Å². The van der Waals surface area contributed by atoms with Gasteiger partial charge in [0, 0.05) is 44.0 Å². The molecule has 0 saturated carbocycles. The van der Waals surface area contributed by atoms with Crippen molar-refractivity contribution in [1.29, 1.82) is 0 Å². The number of rotatable bonds is 5. The van der Waals surface area contributed by atoms with Crippen LogP contribution in [-0.4, -0.2) is 74.4 Å². The molecule has 0 radical (unpaired) electrons. The summed E-state index contributed by atoms with van der Waals surface area (Å²) in [5.74, 6) is -0.234. The van der Waals surface area contributed by atoms with E-state index in [1.807, 2.05) is 0 Å². The molecule has 0 bridgehead atoms. The van der Waals surface area contributed by atoms with Gasteiger partial charge in [0.15, 0.2) is 0 Å². The summed E-state index contributed by atoms with van der Waals surface area (Å²) in [4.78, 5) is 4.73. The van der Waals surface area contributed by atoms with Gasteiger partial charge in [-0.15, -0.1) is 0 Å². The Labute approximate surface area is 176 Å². The SMILES string of the molecule is O=S1(=O)c2ccccc2/C(=N/O)CN1CCCN1CCN(c2ccc(F)cc2)CC1. The van der Waals surface area contributed by atoms with Crippen LogP contribution in [0.3, 0.4) is 0 Å². The molecular weight excluding hydrogens is 407 g/mol. The van der Waals surface area contributed by atoms with Crippen molar-refractivity contribution in [3.05, 3.63) is 59.9 Å². The lowest BCUT2D eigenvalue weighted by Crippen LogP contribution is -2.47. The number of sulfonamides is 1. The Bertz CT molecular complexity index is 1020. The first-order chi connectivity index (χ1) is 14.5. The van der Waals surface area contributed by atoms with Gasteiger partial charge in [0.25, 0.3) is 0 Å². The number of halogens is 1. The molecule has 0 unspecified atom stereocenters. The first-order valence-electron chi connectivity index (χ1n) is 10.0. The van der Waals surface area contributed by atoms with Gasteiger partial charge in [-0.1, -0.05) is 23.4 Å². The smallest absolute Gasteiger partial charge is 0.244 e. The lowest BCUT2D eigenvalue weighted by atomic mass is 10.1. The molecule has 2 aliphatic heterocycles. The van der Waals surface area contributed by atoms with Crippen molar-refractivity contribution >= 4 is 21.4 Å². The van der Waals surface area contributed by atoms with E-state index in [-0.39, 0.29) is 17.3 Å². The third-order valence-corrected chi connectivity index (χ3v) is 7.61. The molecule has 2 aromatic rings. The van der Waals surface area contributed by atoms with Crippen molar-refractivity contribution in [2.24, 2.45) is 5.16 Å². The molecular formula is C21H25FN4O3S. The Morgan fingerprint density at radius 2 is 1.67 bits per heavy atom. The van der Waals surface area contributed by atoms with E-state index in [1.54, 1.807) is 36.4 Å². The van der Waals surface area contributed by atoms with E-state index >= 15 is 0 Å². The molecule has 0 aliphatic carbocycles. The quantitative estimate of drug-likeness (QED) is 0.579. The summed E-state index contributed by atoms with van der Waals surface area (Å²) < 4.78 is 40.3. The fourth-order valence-electron chi connectivity index (χ4n) is 4.04. The van der Waals surface area contributed by atoms with Crippen LogP contribution in [-0.2, 0) is 10.0 Å². The summed E-state index contributed by atoms with van der Waals surface area (Å²) in [5.41, 5.74) is 1.85. The Morgan fingerprint density at radius 3 is 2.37 bits per heavy atom. The van der Waals surface area contributed by atoms with E-state index in [2.05, 4.69) is 15.0 Å². The van der Waals surface area contributed by atoms with E-state index in [4.69, 9.17) is 0 Å². The Hall–Kier alpha value is -2.49. The van der Waals surface area contributed by atoms with E-state index in [1.165, 1.54) is 16.4 Å². The predicted octanol–water partition coefficient (Wildman–Crippen LogP) is 2.22. The zero-order chi connectivity index (χ0) is 21.1. The van der Waals surface area contributed by atoms with Gasteiger partial charge in [0.05, 0.1) is 11.4 Å². The highest BCUT2D eigenvalue weighted by molar-refractivity contribution is 7.89. The van der Waals surface area contributed by atoms with E-state index in [9.17, 15) is 18.0 Å². The molecule has 2 heterocycles. The average Bonchev–Trinajstić information content (AvgIpc) is 2.76. The molecule has 2 aliphatic rings. The maximum Gasteiger partial charge on any atom is 0.244 e. The molecule has 1 N–H and O–H groups in total. The monoisotopic (exact) mass is 432 g/mol. The summed E-state index contributed by atoms with van der Waals surface area (Å²) >= 11 is 0. The molecule has 0 spiro atoms. The van der Waals surface area contributed by atoms with Gasteiger partial charge in [-0.05, 0) is 43.3 Å². The van der Waals surface area contributed by atoms with Gasteiger partial charge in [-0.3, -0.25) is 4.90 Å². The minimum atomic E-state index is -3.59. The molecule has 1 fully saturated rings. The third-order valence-electron chi connectivity index (χ3n) is 5.71. The summed E-state index contributed by atoms with van der Waals surface area (Å²) in [7, 11) is -3.59. The molecule has 0 atom stereocenters. The van der Waals surface area contributed by atoms with Crippen LogP contribution in [0.25, 0.3) is 0 Å². The molecule has 7 nitrogen and oxygen atoms in total. The highest BCUT2D eigenvalue weighted by atomic mass is 32.2. The number of oxime groups is 1. The molecule has 0 aromatic heterocycles. The topological polar surface area (TPSA) is 76.4 Å². The van der Waals surface area contributed by atoms with Gasteiger partial charge < -0.3 is 10.1 Å². The number of benzene rings is 2. The number of fused-ring (bicyclic) bond motifs is 1. The van der Waals surface area contributed by atoms with Crippen LogP contribution < -0.4 is 4.90 Å². The van der Waals surface area contributed by atoms with Crippen molar-refractivity contribution in [3.63, 3.8) is 0 Å². The van der Waals surface area contributed by atoms with Gasteiger partial charge in [-0.25, -0.2) is 12.8 Å². The van der Waals surface area contributed by atoms with Gasteiger partial charge in [-0.2, -0.15) is 4.31 Å². The summed E-state index contributed by atoms with van der Waals surface area (Å²) in [6, 6.07) is 13.2. The second-order valence-corrected chi connectivity index (χ2v) is 9.45. The number of piperazine rings is 1. The molecule has 9 heteroatoms. The van der Waals surface area contributed by atoms with Crippen LogP contribution in [0.15, 0.2) is 58.6 Å². The second-order valence-electron chi connectivity index (χ2n) is 7.54. The maximum absolute atomic E-state index is 13.1. The number of anilines is 1. The Morgan fingerprint density at radius 1 is 0.967 bits per heavy atom. The Kier molecular flexibility index (Phi) is 6.03. The molecule has 4 rings (SSSR count). The predicted molar refractivity (Wildman–Crippen MR) is 113 cm³/mol. The molecule has 0 amide bonds. The van der Waals surface area contributed by atoms with E-state index in [0.717, 1.165) is 38.4 Å². The fraction of sp³-hybridized carbons (Fsp3) is 0.381. The summed E-state index contributed by atoms with van der Waals surface area (Å²) in [6.45, 7) is 4.68. The zero-order valence-corrected chi connectivity index (χ0v) is 17.4. The maximum atomic E-state index is 13.1. The van der Waals surface area contributed by atoms with Crippen molar-refractivity contribution in [1.82, 2.24) is 9.21 Å². The molecule has 160 valence electrons. The normalized spacial score (nSPS) is 21.0. The number of hydrogen-bond donors (Lipinski definition) is 1. The lowest BCUT2D eigenvalue weighted by molar-refractivity contribution is 0.247. The summed E-state index contributed by atoms with van der Waals surface area (Å²) in [6.07, 6.45) is 0.691. The van der Waals surface area contributed by atoms with Crippen molar-refractivity contribution in [3.8, 4) is 0 Å². The van der Waals surface area contributed by atoms with Crippen LogP contribution in [0, 0.1) is 5.82 Å². The van der Waals surface area contributed by atoms with Crippen LogP contribution in [0.5, 0.6) is 0 Å². The minimum Gasteiger partial charge on any atom is -0.411 e. The van der Waals surface area contributed by atoms with Crippen molar-refractivity contribution in [2.75, 3.05) is 50.7 Å². The van der Waals surface area contributed by atoms with E-state index in [0.29, 0.717) is 24.2 Å². The first kappa shape index (κ1) is 20.8. The van der Waals surface area contributed by atoms with Crippen molar-refractivity contribution in [2.45, 2.75) is 11.3 Å². The minimum absolute atomic E-state index is 0.0776. The van der Waals surface area contributed by atoms with Gasteiger partial charge in [0.2, 0.25) is 10.0 Å². The largest absolute Gasteiger partial charge is 0.411 e. The van der Waals surface area contributed by atoms with Crippen LogP contribution >= 0.6 is 0 Å². The van der Waals surface area contributed by atoms with Gasteiger partial charge >= 0.3 is 0 Å². The molecule has 30 heavy (non-hydrogen) atoms. The Balaban J connectivity index is 1.31. The highest BCUT2D eigenvalue weighted by Crippen LogP contribution is 2.26. The number of nitrogens with zero attached hydrogens (tertiary/aromatic N) is 4. The third kappa shape index (κ3) is 4.19. The van der Waals surface area contributed by atoms with Gasteiger partial charge in [0.1, 0.15) is 11.5 Å². The summed E-state index contributed by atoms with van der Waals surface area (Å²) in [5, 5.41) is 12.6. The fourth-order valence-corrected chi connectivity index (χ4v) is 5.70. The average molecular weight is 433 g/mol. The van der Waals surface area contributed by atoms with Crippen LogP contribution in [0.4, 0.5) is 10.1 Å². The highest BCUT2D eigenvalue weighted by Gasteiger charge is 2.34. The lowest BCUT2D eigenvalue weighted by Gasteiger charge is -2.36. The second kappa shape index (κ2) is 8.71. The zero-order valence-electron chi connectivity index (χ0n) is 16.6. The van der Waals surface area contributed by atoms with Crippen LogP contribution in [0.1, 0.15) is 12.0 Å². The number of hydrogen-bond acceptors (Lipinski definition) is 6. The molecule has 1 saturated heterocycles.